The molecule has 2 aromatic rings. The minimum Gasteiger partial charge on any atom is -0.292 e. The van der Waals surface area contributed by atoms with Crippen molar-refractivity contribution in [2.24, 2.45) is 0 Å². The van der Waals surface area contributed by atoms with Gasteiger partial charge in [0.05, 0.1) is 0 Å². The topological polar surface area (TPSA) is 29.1 Å². The lowest BCUT2D eigenvalue weighted by Gasteiger charge is -2.11. The second-order valence-corrected chi connectivity index (χ2v) is 7.64. The molecule has 0 spiro atoms. The Hall–Kier alpha value is -1.81. The first-order valence-electron chi connectivity index (χ1n) is 9.34. The zero-order chi connectivity index (χ0) is 18.9. The fraction of sp³-hybridized carbons (Fsp3) is 0.409. The monoisotopic (exact) mass is 373 g/mol. The van der Waals surface area contributed by atoms with Crippen LogP contribution in [0.15, 0.2) is 41.3 Å². The van der Waals surface area contributed by atoms with Crippen LogP contribution in [-0.2, 0) is 6.42 Å². The molecular weight excluding hydrogens is 345 g/mol. The van der Waals surface area contributed by atoms with Crippen molar-refractivity contribution < 1.29 is 9.18 Å². The summed E-state index contributed by atoms with van der Waals surface area (Å²) >= 11 is 1.31. The number of hydrogen-bond donors (Lipinski definition) is 1. The summed E-state index contributed by atoms with van der Waals surface area (Å²) in [5, 5.41) is 0. The van der Waals surface area contributed by atoms with Gasteiger partial charge in [-0.3, -0.25) is 9.52 Å². The normalized spacial score (nSPS) is 10.8. The number of rotatable bonds is 9. The average Bonchev–Trinajstić information content (AvgIpc) is 2.59. The molecule has 0 aliphatic carbocycles. The molecular formula is C22H28FNOS. The van der Waals surface area contributed by atoms with E-state index in [-0.39, 0.29) is 11.7 Å². The summed E-state index contributed by atoms with van der Waals surface area (Å²) in [4.78, 5) is 13.5. The number of aryl methyl sites for hydroxylation is 3. The summed E-state index contributed by atoms with van der Waals surface area (Å²) in [7, 11) is 0. The van der Waals surface area contributed by atoms with E-state index < -0.39 is 0 Å². The van der Waals surface area contributed by atoms with E-state index in [1.807, 2.05) is 12.1 Å². The highest BCUT2D eigenvalue weighted by Gasteiger charge is 2.14. The molecule has 2 aromatic carbocycles. The van der Waals surface area contributed by atoms with E-state index in [1.54, 1.807) is 13.8 Å². The molecule has 0 radical (unpaired) electrons. The Morgan fingerprint density at radius 2 is 1.73 bits per heavy atom. The van der Waals surface area contributed by atoms with Crippen molar-refractivity contribution >= 4 is 17.9 Å². The van der Waals surface area contributed by atoms with Gasteiger partial charge in [-0.05, 0) is 79.6 Å². The fourth-order valence-corrected chi connectivity index (χ4v) is 3.79. The molecule has 0 heterocycles. The minimum absolute atomic E-state index is 0.185. The number of unbranched alkanes of at least 4 members (excludes halogenated alkanes) is 4. The van der Waals surface area contributed by atoms with Crippen LogP contribution in [0.4, 0.5) is 4.39 Å². The Bertz CT molecular complexity index is 722. The number of carbonyl (C=O) groups excluding carboxylic acids is 1. The summed E-state index contributed by atoms with van der Waals surface area (Å²) in [5.74, 6) is -0.495. The molecule has 0 saturated heterocycles. The van der Waals surface area contributed by atoms with Gasteiger partial charge in [-0.15, -0.1) is 0 Å². The van der Waals surface area contributed by atoms with E-state index in [0.717, 1.165) is 11.3 Å². The van der Waals surface area contributed by atoms with Crippen LogP contribution >= 0.6 is 11.9 Å². The van der Waals surface area contributed by atoms with Gasteiger partial charge in [-0.2, -0.15) is 0 Å². The first-order valence-corrected chi connectivity index (χ1v) is 10.2. The number of halogens is 1. The van der Waals surface area contributed by atoms with Crippen molar-refractivity contribution in [1.29, 1.82) is 0 Å². The standard InChI is InChI=1S/C22H28FNOS/c1-4-5-6-7-8-10-18-11-9-12-20(15-18)26-24-22(25)21-16(2)13-19(23)14-17(21)3/h9,11-15H,4-8,10H2,1-3H3,(H,24,25). The molecule has 0 aromatic heterocycles. The quantitative estimate of drug-likeness (QED) is 0.407. The van der Waals surface area contributed by atoms with Crippen LogP contribution in [0.3, 0.4) is 0 Å². The van der Waals surface area contributed by atoms with Crippen molar-refractivity contribution in [3.63, 3.8) is 0 Å². The number of nitrogens with one attached hydrogen (secondary N) is 1. The third-order valence-electron chi connectivity index (χ3n) is 4.45. The fourth-order valence-electron chi connectivity index (χ4n) is 3.12. The summed E-state index contributed by atoms with van der Waals surface area (Å²) < 4.78 is 16.3. The highest BCUT2D eigenvalue weighted by Crippen LogP contribution is 2.21. The predicted octanol–water partition coefficient (Wildman–Crippen LogP) is 6.39. The highest BCUT2D eigenvalue weighted by molar-refractivity contribution is 7.98. The summed E-state index contributed by atoms with van der Waals surface area (Å²) in [6, 6.07) is 11.1. The summed E-state index contributed by atoms with van der Waals surface area (Å²) in [6.07, 6.45) is 7.42. The van der Waals surface area contributed by atoms with Crippen LogP contribution < -0.4 is 4.72 Å². The van der Waals surface area contributed by atoms with E-state index >= 15 is 0 Å². The van der Waals surface area contributed by atoms with Gasteiger partial charge in [0.2, 0.25) is 0 Å². The van der Waals surface area contributed by atoms with Gasteiger partial charge in [0.25, 0.3) is 5.91 Å². The van der Waals surface area contributed by atoms with Crippen LogP contribution in [0.25, 0.3) is 0 Å². The zero-order valence-electron chi connectivity index (χ0n) is 15.9. The lowest BCUT2D eigenvalue weighted by atomic mass is 10.0. The first-order chi connectivity index (χ1) is 12.5. The molecule has 140 valence electrons. The molecule has 0 unspecified atom stereocenters. The maximum atomic E-state index is 13.4. The molecule has 2 rings (SSSR count). The Morgan fingerprint density at radius 1 is 1.04 bits per heavy atom. The lowest BCUT2D eigenvalue weighted by molar-refractivity contribution is 0.0983. The van der Waals surface area contributed by atoms with Crippen molar-refractivity contribution in [1.82, 2.24) is 4.72 Å². The molecule has 0 saturated carbocycles. The molecule has 26 heavy (non-hydrogen) atoms. The van der Waals surface area contributed by atoms with Crippen molar-refractivity contribution in [2.45, 2.75) is 64.2 Å². The van der Waals surface area contributed by atoms with Crippen molar-refractivity contribution in [3.8, 4) is 0 Å². The van der Waals surface area contributed by atoms with E-state index in [0.29, 0.717) is 16.7 Å². The molecule has 1 amide bonds. The highest BCUT2D eigenvalue weighted by atomic mass is 32.2. The number of benzene rings is 2. The number of carbonyl (C=O) groups is 1. The van der Waals surface area contributed by atoms with E-state index in [2.05, 4.69) is 23.8 Å². The molecule has 0 aliphatic rings. The van der Waals surface area contributed by atoms with Gasteiger partial charge in [-0.25, -0.2) is 4.39 Å². The molecule has 2 nitrogen and oxygen atoms in total. The molecule has 4 heteroatoms. The van der Waals surface area contributed by atoms with Gasteiger partial charge in [0.1, 0.15) is 5.82 Å². The van der Waals surface area contributed by atoms with E-state index in [9.17, 15) is 9.18 Å². The Kier molecular flexibility index (Phi) is 8.17. The van der Waals surface area contributed by atoms with E-state index in [4.69, 9.17) is 0 Å². The van der Waals surface area contributed by atoms with Gasteiger partial charge in [0, 0.05) is 10.5 Å². The van der Waals surface area contributed by atoms with Gasteiger partial charge >= 0.3 is 0 Å². The maximum absolute atomic E-state index is 13.4. The molecule has 0 bridgehead atoms. The predicted molar refractivity (Wildman–Crippen MR) is 108 cm³/mol. The van der Waals surface area contributed by atoms with Crippen LogP contribution in [-0.4, -0.2) is 5.91 Å². The lowest BCUT2D eigenvalue weighted by Crippen LogP contribution is -2.18. The summed E-state index contributed by atoms with van der Waals surface area (Å²) in [5.41, 5.74) is 3.16. The SMILES string of the molecule is CCCCCCCc1cccc(SNC(=O)c2c(C)cc(F)cc2C)c1. The second kappa shape index (κ2) is 10.4. The minimum atomic E-state index is -0.309. The second-order valence-electron chi connectivity index (χ2n) is 6.76. The maximum Gasteiger partial charge on any atom is 0.261 e. The third kappa shape index (κ3) is 6.17. The third-order valence-corrected chi connectivity index (χ3v) is 5.23. The van der Waals surface area contributed by atoms with E-state index in [1.165, 1.54) is 61.7 Å². The molecule has 0 aliphatic heterocycles. The van der Waals surface area contributed by atoms with Gasteiger partial charge in [0.15, 0.2) is 0 Å². The molecule has 0 atom stereocenters. The molecule has 1 N–H and O–H groups in total. The average molecular weight is 374 g/mol. The smallest absolute Gasteiger partial charge is 0.261 e. The Balaban J connectivity index is 1.91. The Morgan fingerprint density at radius 3 is 2.42 bits per heavy atom. The first kappa shape index (κ1) is 20.5. The van der Waals surface area contributed by atoms with Crippen LogP contribution in [0, 0.1) is 19.7 Å². The van der Waals surface area contributed by atoms with Gasteiger partial charge in [-0.1, -0.05) is 44.7 Å². The van der Waals surface area contributed by atoms with Gasteiger partial charge < -0.3 is 0 Å². The summed E-state index contributed by atoms with van der Waals surface area (Å²) in [6.45, 7) is 5.74. The van der Waals surface area contributed by atoms with Crippen LogP contribution in [0.1, 0.15) is 66.1 Å². The molecule has 0 fully saturated rings. The largest absolute Gasteiger partial charge is 0.292 e. The Labute approximate surface area is 160 Å². The number of amides is 1. The van der Waals surface area contributed by atoms with Crippen molar-refractivity contribution in [3.05, 3.63) is 64.5 Å². The van der Waals surface area contributed by atoms with Crippen molar-refractivity contribution in [2.75, 3.05) is 0 Å². The van der Waals surface area contributed by atoms with Crippen LogP contribution in [0.2, 0.25) is 0 Å². The number of hydrogen-bond acceptors (Lipinski definition) is 2. The van der Waals surface area contributed by atoms with Crippen LogP contribution in [0.5, 0.6) is 0 Å². The zero-order valence-corrected chi connectivity index (χ0v) is 16.7.